The number of methoxy groups -OCH3 is 1. The summed E-state index contributed by atoms with van der Waals surface area (Å²) >= 11 is 3.30. The molecule has 0 fully saturated rings. The smallest absolute Gasteiger partial charge is 0.198 e. The third kappa shape index (κ3) is 4.49. The quantitative estimate of drug-likeness (QED) is 0.694. The number of thioether (sulfide) groups is 2. The van der Waals surface area contributed by atoms with E-state index in [0.717, 1.165) is 26.0 Å². The van der Waals surface area contributed by atoms with Gasteiger partial charge < -0.3 is 14.8 Å². The number of rotatable bonds is 8. The summed E-state index contributed by atoms with van der Waals surface area (Å²) in [7, 11) is 1.68. The molecule has 114 valence electrons. The fourth-order valence-corrected chi connectivity index (χ4v) is 5.32. The van der Waals surface area contributed by atoms with Gasteiger partial charge in [0.2, 0.25) is 0 Å². The molecule has 0 radical (unpaired) electrons. The second-order valence-corrected chi connectivity index (χ2v) is 7.58. The van der Waals surface area contributed by atoms with Crippen molar-refractivity contribution in [2.45, 2.75) is 37.5 Å². The third-order valence-electron chi connectivity index (χ3n) is 3.46. The van der Waals surface area contributed by atoms with E-state index in [4.69, 9.17) is 9.47 Å². The number of ether oxygens (including phenoxy) is 2. The summed E-state index contributed by atoms with van der Waals surface area (Å²) in [6, 6.07) is 0.374. The summed E-state index contributed by atoms with van der Waals surface area (Å²) < 4.78 is 11.8. The van der Waals surface area contributed by atoms with Crippen molar-refractivity contribution >= 4 is 28.6 Å². The molecule has 4 nitrogen and oxygen atoms in total. The van der Waals surface area contributed by atoms with E-state index < -0.39 is 0 Å². The van der Waals surface area contributed by atoms with Crippen molar-refractivity contribution in [3.63, 3.8) is 0 Å². The van der Waals surface area contributed by atoms with Crippen molar-refractivity contribution in [1.82, 2.24) is 5.32 Å². The molecule has 0 saturated carbocycles. The molecular weight excluding hydrogens is 294 g/mol. The highest BCUT2D eigenvalue weighted by Gasteiger charge is 2.35. The SMILES string of the molecule is CCNC1CC(CCOCCOC)SC2=C1CC(=O)S2. The summed E-state index contributed by atoms with van der Waals surface area (Å²) in [5.74, 6) is 0. The first kappa shape index (κ1) is 16.4. The first-order valence-corrected chi connectivity index (χ1v) is 8.84. The van der Waals surface area contributed by atoms with Crippen LogP contribution < -0.4 is 5.32 Å². The van der Waals surface area contributed by atoms with Crippen LogP contribution in [0.25, 0.3) is 0 Å². The van der Waals surface area contributed by atoms with E-state index in [2.05, 4.69) is 12.2 Å². The standard InChI is InChI=1S/C14H23NO3S2/c1-3-15-12-8-10(4-5-18-7-6-17-2)19-14-11(12)9-13(16)20-14/h10,12,15H,3-9H2,1-2H3. The molecule has 0 aromatic rings. The Balaban J connectivity index is 1.83. The molecule has 0 aromatic heterocycles. The number of carbonyl (C=O) groups is 1. The van der Waals surface area contributed by atoms with Crippen LogP contribution in [-0.4, -0.2) is 49.9 Å². The minimum absolute atomic E-state index is 0.294. The van der Waals surface area contributed by atoms with Crippen molar-refractivity contribution in [2.75, 3.05) is 33.5 Å². The van der Waals surface area contributed by atoms with Crippen LogP contribution in [0.5, 0.6) is 0 Å². The maximum absolute atomic E-state index is 11.6. The van der Waals surface area contributed by atoms with Crippen molar-refractivity contribution < 1.29 is 14.3 Å². The highest BCUT2D eigenvalue weighted by atomic mass is 32.2. The zero-order valence-electron chi connectivity index (χ0n) is 12.1. The van der Waals surface area contributed by atoms with Gasteiger partial charge in [0, 0.05) is 35.7 Å². The largest absolute Gasteiger partial charge is 0.382 e. The van der Waals surface area contributed by atoms with E-state index in [1.54, 1.807) is 7.11 Å². The minimum Gasteiger partial charge on any atom is -0.382 e. The fraction of sp³-hybridized carbons (Fsp3) is 0.786. The molecule has 1 N–H and O–H groups in total. The van der Waals surface area contributed by atoms with Crippen LogP contribution >= 0.6 is 23.5 Å². The van der Waals surface area contributed by atoms with Gasteiger partial charge in [0.1, 0.15) is 0 Å². The maximum Gasteiger partial charge on any atom is 0.198 e. The molecule has 2 aliphatic rings. The fourth-order valence-electron chi connectivity index (χ4n) is 2.49. The Labute approximate surface area is 129 Å². The molecule has 0 aromatic carbocycles. The Hall–Kier alpha value is -0.0100. The van der Waals surface area contributed by atoms with Crippen LogP contribution in [0.3, 0.4) is 0 Å². The lowest BCUT2D eigenvalue weighted by Crippen LogP contribution is -2.36. The Morgan fingerprint density at radius 1 is 1.35 bits per heavy atom. The van der Waals surface area contributed by atoms with Crippen LogP contribution in [0.15, 0.2) is 9.81 Å². The van der Waals surface area contributed by atoms with Gasteiger partial charge in [-0.25, -0.2) is 0 Å². The molecule has 0 aliphatic carbocycles. The van der Waals surface area contributed by atoms with Crippen molar-refractivity contribution in [2.24, 2.45) is 0 Å². The summed E-state index contributed by atoms with van der Waals surface area (Å²) in [4.78, 5) is 11.6. The van der Waals surface area contributed by atoms with Gasteiger partial charge in [-0.1, -0.05) is 6.92 Å². The van der Waals surface area contributed by atoms with Gasteiger partial charge in [0.05, 0.1) is 13.2 Å². The lowest BCUT2D eigenvalue weighted by Gasteiger charge is -2.30. The van der Waals surface area contributed by atoms with Crippen LogP contribution in [0.1, 0.15) is 26.2 Å². The molecule has 2 rings (SSSR count). The van der Waals surface area contributed by atoms with Gasteiger partial charge in [0.15, 0.2) is 5.12 Å². The number of hydrogen-bond acceptors (Lipinski definition) is 6. The first-order valence-electron chi connectivity index (χ1n) is 7.15. The van der Waals surface area contributed by atoms with Gasteiger partial charge in [-0.15, -0.1) is 11.8 Å². The van der Waals surface area contributed by atoms with E-state index in [1.807, 2.05) is 11.8 Å². The Morgan fingerprint density at radius 3 is 2.95 bits per heavy atom. The molecule has 20 heavy (non-hydrogen) atoms. The third-order valence-corrected chi connectivity index (χ3v) is 6.06. The lowest BCUT2D eigenvalue weighted by atomic mass is 9.99. The normalized spacial score (nSPS) is 26.2. The highest BCUT2D eigenvalue weighted by molar-refractivity contribution is 8.30. The zero-order valence-corrected chi connectivity index (χ0v) is 13.8. The zero-order chi connectivity index (χ0) is 14.4. The van der Waals surface area contributed by atoms with Crippen LogP contribution in [-0.2, 0) is 14.3 Å². The van der Waals surface area contributed by atoms with Crippen molar-refractivity contribution in [3.05, 3.63) is 9.81 Å². The lowest BCUT2D eigenvalue weighted by molar-refractivity contribution is -0.110. The van der Waals surface area contributed by atoms with E-state index in [0.29, 0.717) is 36.0 Å². The molecule has 0 saturated heterocycles. The van der Waals surface area contributed by atoms with Gasteiger partial charge >= 0.3 is 0 Å². The molecule has 2 heterocycles. The highest BCUT2D eigenvalue weighted by Crippen LogP contribution is 2.49. The van der Waals surface area contributed by atoms with E-state index in [-0.39, 0.29) is 0 Å². The number of likely N-dealkylation sites (N-methyl/N-ethyl adjacent to an activating group) is 1. The van der Waals surface area contributed by atoms with E-state index in [1.165, 1.54) is 21.6 Å². The first-order chi connectivity index (χ1) is 9.74. The Bertz CT molecular complexity index is 373. The molecule has 2 aliphatic heterocycles. The minimum atomic E-state index is 0.294. The summed E-state index contributed by atoms with van der Waals surface area (Å²) in [6.07, 6.45) is 2.75. The van der Waals surface area contributed by atoms with Crippen molar-refractivity contribution in [3.8, 4) is 0 Å². The van der Waals surface area contributed by atoms with Crippen LogP contribution in [0.2, 0.25) is 0 Å². The topological polar surface area (TPSA) is 47.6 Å². The summed E-state index contributed by atoms with van der Waals surface area (Å²) in [5.41, 5.74) is 1.32. The van der Waals surface area contributed by atoms with Crippen LogP contribution in [0, 0.1) is 0 Å². The number of hydrogen-bond donors (Lipinski definition) is 1. The second kappa shape index (κ2) is 8.44. The van der Waals surface area contributed by atoms with E-state index in [9.17, 15) is 4.79 Å². The Kier molecular flexibility index (Phi) is 6.90. The molecule has 6 heteroatoms. The number of carbonyl (C=O) groups excluding carboxylic acids is 1. The summed E-state index contributed by atoms with van der Waals surface area (Å²) in [5, 5.41) is 4.35. The number of nitrogens with one attached hydrogen (secondary N) is 1. The van der Waals surface area contributed by atoms with Crippen molar-refractivity contribution in [1.29, 1.82) is 0 Å². The Morgan fingerprint density at radius 2 is 2.20 bits per heavy atom. The molecular formula is C14H23NO3S2. The summed E-state index contributed by atoms with van der Waals surface area (Å²) in [6.45, 7) is 5.14. The monoisotopic (exact) mass is 317 g/mol. The average molecular weight is 317 g/mol. The molecule has 0 spiro atoms. The van der Waals surface area contributed by atoms with Gasteiger partial charge in [0.25, 0.3) is 0 Å². The molecule has 0 bridgehead atoms. The van der Waals surface area contributed by atoms with Gasteiger partial charge in [-0.3, -0.25) is 4.79 Å². The predicted molar refractivity (Wildman–Crippen MR) is 85.0 cm³/mol. The maximum atomic E-state index is 11.6. The molecule has 2 unspecified atom stereocenters. The molecule has 2 atom stereocenters. The van der Waals surface area contributed by atoms with Gasteiger partial charge in [-0.05, 0) is 36.7 Å². The molecule has 0 amide bonds. The van der Waals surface area contributed by atoms with Gasteiger partial charge in [-0.2, -0.15) is 0 Å². The van der Waals surface area contributed by atoms with E-state index >= 15 is 0 Å². The second-order valence-electron chi connectivity index (χ2n) is 4.94. The van der Waals surface area contributed by atoms with Crippen LogP contribution in [0.4, 0.5) is 0 Å². The predicted octanol–water partition coefficient (Wildman–Crippen LogP) is 2.40. The average Bonchev–Trinajstić information content (AvgIpc) is 2.79.